The van der Waals surface area contributed by atoms with E-state index in [4.69, 9.17) is 4.74 Å². The zero-order chi connectivity index (χ0) is 17.5. The zero-order valence-electron chi connectivity index (χ0n) is 15.0. The summed E-state index contributed by atoms with van der Waals surface area (Å²) in [6.07, 6.45) is 2.17. The molecule has 0 amide bonds. The molecule has 126 valence electrons. The van der Waals surface area contributed by atoms with E-state index in [9.17, 15) is 4.79 Å². The molecule has 1 aromatic carbocycles. The molecule has 0 bridgehead atoms. The van der Waals surface area contributed by atoms with Gasteiger partial charge in [0.05, 0.1) is 28.3 Å². The summed E-state index contributed by atoms with van der Waals surface area (Å²) in [4.78, 5) is 21.6. The highest BCUT2D eigenvalue weighted by molar-refractivity contribution is 5.78. The average Bonchev–Trinajstić information content (AvgIpc) is 3.04. The second-order valence-corrected chi connectivity index (χ2v) is 7.42. The molecule has 0 spiro atoms. The minimum atomic E-state index is -0.142. The molecular formula is C20H24N2O2. The van der Waals surface area contributed by atoms with Crippen LogP contribution < -0.4 is 0 Å². The highest BCUT2D eigenvalue weighted by Gasteiger charge is 2.61. The molecule has 0 aliphatic heterocycles. The fourth-order valence-electron chi connectivity index (χ4n) is 3.29. The quantitative estimate of drug-likeness (QED) is 0.624. The van der Waals surface area contributed by atoms with Gasteiger partial charge in [0, 0.05) is 0 Å². The monoisotopic (exact) mass is 324 g/mol. The molecular weight excluding hydrogens is 300 g/mol. The van der Waals surface area contributed by atoms with Gasteiger partial charge in [-0.2, -0.15) is 0 Å². The second kappa shape index (κ2) is 6.00. The molecule has 2 unspecified atom stereocenters. The van der Waals surface area contributed by atoms with Crippen LogP contribution in [0.1, 0.15) is 39.1 Å². The average molecular weight is 324 g/mol. The normalized spacial score (nSPS) is 21.4. The van der Waals surface area contributed by atoms with Gasteiger partial charge in [0.2, 0.25) is 0 Å². The van der Waals surface area contributed by atoms with E-state index in [2.05, 4.69) is 43.7 Å². The van der Waals surface area contributed by atoms with Gasteiger partial charge in [0.1, 0.15) is 6.61 Å². The Balaban J connectivity index is 1.71. The van der Waals surface area contributed by atoms with Crippen LogP contribution in [0.5, 0.6) is 0 Å². The van der Waals surface area contributed by atoms with E-state index >= 15 is 0 Å². The van der Waals surface area contributed by atoms with Gasteiger partial charge < -0.3 is 4.74 Å². The predicted octanol–water partition coefficient (Wildman–Crippen LogP) is 4.22. The van der Waals surface area contributed by atoms with Crippen molar-refractivity contribution in [3.63, 3.8) is 0 Å². The Bertz CT molecular complexity index is 819. The van der Waals surface area contributed by atoms with Gasteiger partial charge in [-0.05, 0) is 44.2 Å². The number of allylic oxidation sites excluding steroid dienone is 2. The standard InChI is InChI=1S/C20H24N2O2/c1-12(2)10-14-18(20(14,4)5)19(23)24-11-17-13(3)21-15-8-6-7-9-16(15)22-17/h6-10,14,18H,11H2,1-5H3. The Hall–Kier alpha value is -2.23. The lowest BCUT2D eigenvalue weighted by atomic mass is 10.1. The number of aromatic nitrogens is 2. The molecule has 24 heavy (non-hydrogen) atoms. The van der Waals surface area contributed by atoms with E-state index in [1.807, 2.05) is 31.2 Å². The summed E-state index contributed by atoms with van der Waals surface area (Å²) in [5.41, 5.74) is 4.41. The summed E-state index contributed by atoms with van der Waals surface area (Å²) < 4.78 is 5.56. The van der Waals surface area contributed by atoms with Crippen LogP contribution in [-0.2, 0) is 16.1 Å². The van der Waals surface area contributed by atoms with Crippen molar-refractivity contribution < 1.29 is 9.53 Å². The molecule has 1 aliphatic rings. The minimum Gasteiger partial charge on any atom is -0.459 e. The molecule has 0 saturated heterocycles. The second-order valence-electron chi connectivity index (χ2n) is 7.42. The van der Waals surface area contributed by atoms with Crippen molar-refractivity contribution in [3.05, 3.63) is 47.3 Å². The lowest BCUT2D eigenvalue weighted by Crippen LogP contribution is -2.12. The Morgan fingerprint density at radius 1 is 1.21 bits per heavy atom. The lowest BCUT2D eigenvalue weighted by Gasteiger charge is -2.08. The number of benzene rings is 1. The van der Waals surface area contributed by atoms with Crippen LogP contribution in [0, 0.1) is 24.2 Å². The molecule has 1 heterocycles. The van der Waals surface area contributed by atoms with Gasteiger partial charge in [-0.15, -0.1) is 0 Å². The third kappa shape index (κ3) is 3.05. The van der Waals surface area contributed by atoms with Crippen molar-refractivity contribution in [2.24, 2.45) is 17.3 Å². The third-order valence-corrected chi connectivity index (χ3v) is 4.87. The Kier molecular flexibility index (Phi) is 4.16. The maximum Gasteiger partial charge on any atom is 0.310 e. The van der Waals surface area contributed by atoms with Crippen molar-refractivity contribution in [3.8, 4) is 0 Å². The Labute approximate surface area is 143 Å². The van der Waals surface area contributed by atoms with Crippen LogP contribution >= 0.6 is 0 Å². The van der Waals surface area contributed by atoms with Gasteiger partial charge in [-0.1, -0.05) is 37.6 Å². The molecule has 1 aromatic heterocycles. The first-order valence-electron chi connectivity index (χ1n) is 8.34. The Morgan fingerprint density at radius 2 is 1.83 bits per heavy atom. The smallest absolute Gasteiger partial charge is 0.310 e. The maximum absolute atomic E-state index is 12.5. The molecule has 2 aromatic rings. The van der Waals surface area contributed by atoms with Crippen molar-refractivity contribution in [2.45, 2.75) is 41.2 Å². The summed E-state index contributed by atoms with van der Waals surface area (Å²) in [5.74, 6) is 0.0526. The number of nitrogens with zero attached hydrogens (tertiary/aromatic N) is 2. The van der Waals surface area contributed by atoms with Gasteiger partial charge in [0.15, 0.2) is 0 Å². The Morgan fingerprint density at radius 3 is 2.46 bits per heavy atom. The fourth-order valence-corrected chi connectivity index (χ4v) is 3.29. The summed E-state index contributed by atoms with van der Waals surface area (Å²) in [5, 5.41) is 0. The van der Waals surface area contributed by atoms with Crippen LogP contribution in [-0.4, -0.2) is 15.9 Å². The van der Waals surface area contributed by atoms with Crippen LogP contribution in [0.2, 0.25) is 0 Å². The summed E-state index contributed by atoms with van der Waals surface area (Å²) in [6, 6.07) is 7.72. The van der Waals surface area contributed by atoms with E-state index in [1.54, 1.807) is 0 Å². The van der Waals surface area contributed by atoms with Gasteiger partial charge in [-0.3, -0.25) is 4.79 Å². The topological polar surface area (TPSA) is 52.1 Å². The number of carbonyl (C=O) groups is 1. The molecule has 1 fully saturated rings. The third-order valence-electron chi connectivity index (χ3n) is 4.87. The van der Waals surface area contributed by atoms with Gasteiger partial charge in [0.25, 0.3) is 0 Å². The van der Waals surface area contributed by atoms with E-state index in [0.717, 1.165) is 22.4 Å². The molecule has 4 heteroatoms. The molecule has 2 atom stereocenters. The van der Waals surface area contributed by atoms with Crippen LogP contribution in [0.25, 0.3) is 11.0 Å². The van der Waals surface area contributed by atoms with E-state index < -0.39 is 0 Å². The number of ether oxygens (including phenoxy) is 1. The molecule has 0 radical (unpaired) electrons. The predicted molar refractivity (Wildman–Crippen MR) is 94.3 cm³/mol. The van der Waals surface area contributed by atoms with Crippen LogP contribution in [0.15, 0.2) is 35.9 Å². The minimum absolute atomic E-state index is 0.0293. The largest absolute Gasteiger partial charge is 0.459 e. The molecule has 3 rings (SSSR count). The van der Waals surface area contributed by atoms with Gasteiger partial charge in [-0.25, -0.2) is 9.97 Å². The molecule has 1 saturated carbocycles. The van der Waals surface area contributed by atoms with Crippen molar-refractivity contribution >= 4 is 17.0 Å². The molecule has 0 N–H and O–H groups in total. The van der Waals surface area contributed by atoms with E-state index in [1.165, 1.54) is 5.57 Å². The first-order valence-corrected chi connectivity index (χ1v) is 8.34. The number of rotatable bonds is 4. The van der Waals surface area contributed by atoms with Gasteiger partial charge >= 0.3 is 5.97 Å². The van der Waals surface area contributed by atoms with Crippen LogP contribution in [0.4, 0.5) is 0 Å². The molecule has 1 aliphatic carbocycles. The van der Waals surface area contributed by atoms with Crippen LogP contribution in [0.3, 0.4) is 0 Å². The summed E-state index contributed by atoms with van der Waals surface area (Å²) in [6.45, 7) is 10.4. The lowest BCUT2D eigenvalue weighted by molar-refractivity contribution is -0.147. The number of hydrogen-bond acceptors (Lipinski definition) is 4. The maximum atomic E-state index is 12.5. The highest BCUT2D eigenvalue weighted by atomic mass is 16.5. The number of aryl methyl sites for hydroxylation is 1. The number of esters is 1. The van der Waals surface area contributed by atoms with E-state index in [-0.39, 0.29) is 29.8 Å². The first kappa shape index (κ1) is 16.6. The molecule has 4 nitrogen and oxygen atoms in total. The SMILES string of the molecule is CC(C)=CC1C(C(=O)OCc2nc3ccccc3nc2C)C1(C)C. The highest BCUT2D eigenvalue weighted by Crippen LogP contribution is 2.59. The number of fused-ring (bicyclic) bond motifs is 1. The number of para-hydroxylation sites is 2. The summed E-state index contributed by atoms with van der Waals surface area (Å²) >= 11 is 0. The fraction of sp³-hybridized carbons (Fsp3) is 0.450. The number of carbonyl (C=O) groups excluding carboxylic acids is 1. The summed E-state index contributed by atoms with van der Waals surface area (Å²) in [7, 11) is 0. The zero-order valence-corrected chi connectivity index (χ0v) is 15.0. The number of hydrogen-bond donors (Lipinski definition) is 0. The van der Waals surface area contributed by atoms with Crippen molar-refractivity contribution in [2.75, 3.05) is 0 Å². The van der Waals surface area contributed by atoms with Crippen molar-refractivity contribution in [1.29, 1.82) is 0 Å². The first-order chi connectivity index (χ1) is 11.3. The van der Waals surface area contributed by atoms with E-state index in [0.29, 0.717) is 0 Å². The van der Waals surface area contributed by atoms with Crippen molar-refractivity contribution in [1.82, 2.24) is 9.97 Å².